The minimum atomic E-state index is -1.04. The molecule has 1 aromatic rings. The maximum Gasteiger partial charge on any atom is 0.173 e. The van der Waals surface area contributed by atoms with E-state index in [4.69, 9.17) is 0 Å². The van der Waals surface area contributed by atoms with Gasteiger partial charge in [0.05, 0.1) is 16.1 Å². The van der Waals surface area contributed by atoms with Crippen molar-refractivity contribution in [1.29, 1.82) is 0 Å². The number of alkyl halides is 1. The molecule has 1 unspecified atom stereocenters. The first-order valence-electron chi connectivity index (χ1n) is 4.09. The lowest BCUT2D eigenvalue weighted by atomic mass is 10.1. The van der Waals surface area contributed by atoms with E-state index >= 15 is 0 Å². The van der Waals surface area contributed by atoms with Crippen molar-refractivity contribution in [1.82, 2.24) is 0 Å². The summed E-state index contributed by atoms with van der Waals surface area (Å²) < 4.78 is 11.3. The first-order chi connectivity index (χ1) is 6.56. The van der Waals surface area contributed by atoms with Crippen molar-refractivity contribution in [3.63, 3.8) is 0 Å². The molecule has 1 aromatic carbocycles. The monoisotopic (exact) mass is 274 g/mol. The Morgan fingerprint density at radius 3 is 2.64 bits per heavy atom. The predicted molar refractivity (Wildman–Crippen MR) is 61.6 cm³/mol. The van der Waals surface area contributed by atoms with Crippen LogP contribution in [0.3, 0.4) is 0 Å². The van der Waals surface area contributed by atoms with Crippen LogP contribution < -0.4 is 0 Å². The molecule has 2 nitrogen and oxygen atoms in total. The van der Waals surface area contributed by atoms with E-state index in [0.717, 1.165) is 10.5 Å². The van der Waals surface area contributed by atoms with Crippen molar-refractivity contribution in [2.24, 2.45) is 0 Å². The van der Waals surface area contributed by atoms with Crippen LogP contribution in [0.1, 0.15) is 15.9 Å². The summed E-state index contributed by atoms with van der Waals surface area (Å²) >= 11 is 3.11. The predicted octanol–water partition coefficient (Wildman–Crippen LogP) is 2.31. The molecule has 0 spiro atoms. The smallest absolute Gasteiger partial charge is 0.173 e. The van der Waals surface area contributed by atoms with Crippen LogP contribution in [0.4, 0.5) is 0 Å². The topological polar surface area (TPSA) is 34.1 Å². The lowest BCUT2D eigenvalue weighted by Crippen LogP contribution is -2.02. The molecule has 1 atom stereocenters. The maximum absolute atomic E-state index is 11.4. The number of hydrogen-bond acceptors (Lipinski definition) is 2. The van der Waals surface area contributed by atoms with Crippen molar-refractivity contribution in [3.05, 3.63) is 29.3 Å². The Morgan fingerprint density at radius 2 is 2.14 bits per heavy atom. The van der Waals surface area contributed by atoms with Gasteiger partial charge in [0.15, 0.2) is 5.78 Å². The summed E-state index contributed by atoms with van der Waals surface area (Å²) in [7, 11) is -1.04. The zero-order valence-electron chi connectivity index (χ0n) is 8.04. The number of rotatable bonds is 3. The highest BCUT2D eigenvalue weighted by molar-refractivity contribution is 9.09. The van der Waals surface area contributed by atoms with Crippen molar-refractivity contribution in [2.75, 3.05) is 11.6 Å². The summed E-state index contributed by atoms with van der Waals surface area (Å²) in [5, 5.41) is 0.297. The number of carbonyl (C=O) groups excluding carboxylic acids is 1. The molecule has 0 N–H and O–H groups in total. The average molecular weight is 275 g/mol. The fourth-order valence-corrected chi connectivity index (χ4v) is 2.30. The Morgan fingerprint density at radius 1 is 1.50 bits per heavy atom. The van der Waals surface area contributed by atoms with Gasteiger partial charge in [-0.2, -0.15) is 0 Å². The average Bonchev–Trinajstić information content (AvgIpc) is 2.17. The number of hydrogen-bond donors (Lipinski definition) is 0. The van der Waals surface area contributed by atoms with E-state index in [1.54, 1.807) is 18.4 Å². The van der Waals surface area contributed by atoms with Crippen LogP contribution in [0.2, 0.25) is 0 Å². The van der Waals surface area contributed by atoms with Crippen LogP contribution in [0, 0.1) is 6.92 Å². The van der Waals surface area contributed by atoms with E-state index in [2.05, 4.69) is 15.9 Å². The molecule has 0 amide bonds. The quantitative estimate of drug-likeness (QED) is 0.626. The second-order valence-electron chi connectivity index (χ2n) is 2.99. The molecule has 14 heavy (non-hydrogen) atoms. The van der Waals surface area contributed by atoms with Gasteiger partial charge in [-0.25, -0.2) is 0 Å². The van der Waals surface area contributed by atoms with Gasteiger partial charge in [0.25, 0.3) is 0 Å². The van der Waals surface area contributed by atoms with Crippen LogP contribution >= 0.6 is 15.9 Å². The van der Waals surface area contributed by atoms with Crippen molar-refractivity contribution in [2.45, 2.75) is 11.8 Å². The van der Waals surface area contributed by atoms with E-state index in [1.807, 2.05) is 13.0 Å². The zero-order chi connectivity index (χ0) is 10.7. The number of ketones is 1. The minimum Gasteiger partial charge on any atom is -0.293 e. The highest BCUT2D eigenvalue weighted by atomic mass is 79.9. The molecule has 0 aliphatic rings. The zero-order valence-corrected chi connectivity index (χ0v) is 10.4. The second kappa shape index (κ2) is 4.84. The number of aryl methyl sites for hydroxylation is 1. The molecule has 0 bridgehead atoms. The van der Waals surface area contributed by atoms with Crippen LogP contribution in [0.25, 0.3) is 0 Å². The van der Waals surface area contributed by atoms with Crippen molar-refractivity contribution < 1.29 is 9.00 Å². The number of carbonyl (C=O) groups is 1. The van der Waals surface area contributed by atoms with Crippen molar-refractivity contribution >= 4 is 32.5 Å². The Bertz CT molecular complexity index is 388. The van der Waals surface area contributed by atoms with Crippen LogP contribution in [-0.2, 0) is 10.8 Å². The van der Waals surface area contributed by atoms with Gasteiger partial charge in [-0.15, -0.1) is 0 Å². The molecule has 0 aromatic heterocycles. The standard InChI is InChI=1S/C10H11BrO2S/c1-7-3-4-8(9(12)6-11)5-10(7)14(2)13/h3-5H,6H2,1-2H3. The van der Waals surface area contributed by atoms with E-state index in [9.17, 15) is 9.00 Å². The molecule has 0 heterocycles. The van der Waals surface area contributed by atoms with E-state index < -0.39 is 10.8 Å². The van der Waals surface area contributed by atoms with Gasteiger partial charge >= 0.3 is 0 Å². The highest BCUT2D eigenvalue weighted by Crippen LogP contribution is 2.15. The van der Waals surface area contributed by atoms with Crippen LogP contribution in [0.5, 0.6) is 0 Å². The van der Waals surface area contributed by atoms with Crippen molar-refractivity contribution in [3.8, 4) is 0 Å². The van der Waals surface area contributed by atoms with E-state index in [1.165, 1.54) is 0 Å². The first-order valence-corrected chi connectivity index (χ1v) is 6.77. The Kier molecular flexibility index (Phi) is 4.01. The SMILES string of the molecule is Cc1ccc(C(=O)CBr)cc1S(C)=O. The van der Waals surface area contributed by atoms with E-state index in [0.29, 0.717) is 10.9 Å². The number of Topliss-reactive ketones (excluding diaryl/α,β-unsaturated/α-hetero) is 1. The lowest BCUT2D eigenvalue weighted by molar-refractivity contribution is 0.102. The maximum atomic E-state index is 11.4. The summed E-state index contributed by atoms with van der Waals surface area (Å²) in [6.45, 7) is 1.89. The third-order valence-electron chi connectivity index (χ3n) is 1.94. The molecule has 0 saturated heterocycles. The molecule has 0 fully saturated rings. The summed E-state index contributed by atoms with van der Waals surface area (Å²) in [5.74, 6) is 0.0108. The Hall–Kier alpha value is -0.480. The second-order valence-corrected chi connectivity index (χ2v) is 4.90. The van der Waals surface area contributed by atoms with Gasteiger partial charge < -0.3 is 0 Å². The summed E-state index contributed by atoms with van der Waals surface area (Å²) in [6, 6.07) is 5.29. The molecule has 0 saturated carbocycles. The molecular formula is C10H11BrO2S. The molecule has 76 valence electrons. The number of halogens is 1. The third kappa shape index (κ3) is 2.51. The van der Waals surface area contributed by atoms with Gasteiger partial charge in [-0.05, 0) is 18.6 Å². The van der Waals surface area contributed by atoms with Crippen LogP contribution in [-0.4, -0.2) is 21.6 Å². The molecule has 0 radical (unpaired) electrons. The van der Waals surface area contributed by atoms with Gasteiger partial charge in [0.2, 0.25) is 0 Å². The van der Waals surface area contributed by atoms with E-state index in [-0.39, 0.29) is 5.78 Å². The normalized spacial score (nSPS) is 12.5. The first kappa shape index (κ1) is 11.6. The molecule has 4 heteroatoms. The van der Waals surface area contributed by atoms with Crippen LogP contribution in [0.15, 0.2) is 23.1 Å². The summed E-state index contributed by atoms with van der Waals surface area (Å²) in [6.07, 6.45) is 1.62. The lowest BCUT2D eigenvalue weighted by Gasteiger charge is -2.04. The van der Waals surface area contributed by atoms with Gasteiger partial charge in [0.1, 0.15) is 0 Å². The largest absolute Gasteiger partial charge is 0.293 e. The minimum absolute atomic E-state index is 0.0108. The Balaban J connectivity index is 3.19. The van der Waals surface area contributed by atoms with Gasteiger partial charge in [0, 0.05) is 16.7 Å². The third-order valence-corrected chi connectivity index (χ3v) is 3.51. The fraction of sp³-hybridized carbons (Fsp3) is 0.300. The molecular weight excluding hydrogens is 264 g/mol. The number of benzene rings is 1. The Labute approximate surface area is 94.3 Å². The summed E-state index contributed by atoms with van der Waals surface area (Å²) in [5.41, 5.74) is 1.56. The summed E-state index contributed by atoms with van der Waals surface area (Å²) in [4.78, 5) is 12.1. The highest BCUT2D eigenvalue weighted by Gasteiger charge is 2.08. The molecule has 1 rings (SSSR count). The molecule has 0 aliphatic heterocycles. The molecule has 0 aliphatic carbocycles. The fourth-order valence-electron chi connectivity index (χ4n) is 1.16. The van der Waals surface area contributed by atoms with Gasteiger partial charge in [-0.3, -0.25) is 9.00 Å². The van der Waals surface area contributed by atoms with Gasteiger partial charge in [-0.1, -0.05) is 28.1 Å².